The summed E-state index contributed by atoms with van der Waals surface area (Å²) in [5, 5.41) is 15.3. The first-order chi connectivity index (χ1) is 21.4. The lowest BCUT2D eigenvalue weighted by molar-refractivity contribution is -0.135. The fourth-order valence-electron chi connectivity index (χ4n) is 5.19. The van der Waals surface area contributed by atoms with Crippen molar-refractivity contribution < 1.29 is 33.7 Å². The second-order valence-corrected chi connectivity index (χ2v) is 10.3. The Morgan fingerprint density at radius 1 is 1.00 bits per heavy atom. The summed E-state index contributed by atoms with van der Waals surface area (Å²) in [5.41, 5.74) is 2.24. The van der Waals surface area contributed by atoms with Gasteiger partial charge in [0.1, 0.15) is 24.8 Å². The third-order valence-corrected chi connectivity index (χ3v) is 7.56. The number of benzene rings is 2. The second-order valence-electron chi connectivity index (χ2n) is 10.3. The molecule has 0 atom stereocenters. The number of carbonyl (C=O) groups is 3. The summed E-state index contributed by atoms with van der Waals surface area (Å²) in [6.07, 6.45) is 4.82. The highest BCUT2D eigenvalue weighted by molar-refractivity contribution is 6.03. The zero-order valence-corrected chi connectivity index (χ0v) is 24.6. The Hall–Kier alpha value is -4.94. The molecule has 4 aromatic rings. The third kappa shape index (κ3) is 6.99. The summed E-state index contributed by atoms with van der Waals surface area (Å²) in [6.45, 7) is 1.39. The number of aliphatic hydroxyl groups excluding tert-OH is 1. The molecule has 1 fully saturated rings. The lowest BCUT2D eigenvalue weighted by atomic mass is 9.89. The van der Waals surface area contributed by atoms with Gasteiger partial charge >= 0.3 is 6.03 Å². The highest BCUT2D eigenvalue weighted by Crippen LogP contribution is 2.37. The van der Waals surface area contributed by atoms with Gasteiger partial charge in [-0.1, -0.05) is 12.1 Å². The molecule has 1 aliphatic heterocycles. The van der Waals surface area contributed by atoms with E-state index >= 15 is 0 Å². The van der Waals surface area contributed by atoms with Crippen LogP contribution in [0.1, 0.15) is 34.7 Å². The Morgan fingerprint density at radius 2 is 1.77 bits per heavy atom. The number of carbonyl (C=O) groups excluding carboxylic acids is 3. The SMILES string of the molecule is CNC(=O)n1ccc2cc(Oc3ccnc(NC(=O)c4ccc(C5CCN(C(=O)CO)CC5)cc4)c3)c(OCCOC)cc21. The van der Waals surface area contributed by atoms with Gasteiger partial charge in [0, 0.05) is 62.7 Å². The van der Waals surface area contributed by atoms with E-state index in [9.17, 15) is 14.4 Å². The topological polar surface area (TPSA) is 144 Å². The van der Waals surface area contributed by atoms with Crippen molar-refractivity contribution in [3.8, 4) is 17.2 Å². The summed E-state index contributed by atoms with van der Waals surface area (Å²) in [7, 11) is 3.14. The van der Waals surface area contributed by atoms with Crippen molar-refractivity contribution in [1.29, 1.82) is 0 Å². The van der Waals surface area contributed by atoms with Crippen LogP contribution < -0.4 is 20.1 Å². The number of likely N-dealkylation sites (tertiary alicyclic amines) is 1. The van der Waals surface area contributed by atoms with Crippen molar-refractivity contribution in [2.75, 3.05) is 52.4 Å². The van der Waals surface area contributed by atoms with E-state index in [0.717, 1.165) is 23.8 Å². The van der Waals surface area contributed by atoms with Gasteiger partial charge < -0.3 is 34.9 Å². The average molecular weight is 602 g/mol. The maximum absolute atomic E-state index is 13.0. The lowest BCUT2D eigenvalue weighted by Gasteiger charge is -2.31. The summed E-state index contributed by atoms with van der Waals surface area (Å²) in [4.78, 5) is 43.0. The van der Waals surface area contributed by atoms with Crippen molar-refractivity contribution in [2.24, 2.45) is 0 Å². The molecule has 3 heterocycles. The summed E-state index contributed by atoms with van der Waals surface area (Å²) in [5.74, 6) is 1.32. The van der Waals surface area contributed by atoms with E-state index in [2.05, 4.69) is 15.6 Å². The molecule has 0 spiro atoms. The molecule has 2 aromatic heterocycles. The second kappa shape index (κ2) is 14.0. The summed E-state index contributed by atoms with van der Waals surface area (Å²) >= 11 is 0. The van der Waals surface area contributed by atoms with E-state index in [4.69, 9.17) is 19.3 Å². The minimum atomic E-state index is -0.465. The number of hydrogen-bond donors (Lipinski definition) is 3. The van der Waals surface area contributed by atoms with E-state index < -0.39 is 6.61 Å². The third-order valence-electron chi connectivity index (χ3n) is 7.56. The number of piperidine rings is 1. The number of anilines is 1. The number of aromatic nitrogens is 2. The number of ether oxygens (including phenoxy) is 3. The maximum Gasteiger partial charge on any atom is 0.325 e. The number of amides is 3. The Bertz CT molecular complexity index is 1630. The lowest BCUT2D eigenvalue weighted by Crippen LogP contribution is -2.39. The molecule has 1 saturated heterocycles. The van der Waals surface area contributed by atoms with E-state index in [1.807, 2.05) is 12.1 Å². The predicted octanol–water partition coefficient (Wildman–Crippen LogP) is 3.99. The van der Waals surface area contributed by atoms with Crippen LogP contribution in [0.25, 0.3) is 10.9 Å². The summed E-state index contributed by atoms with van der Waals surface area (Å²) < 4.78 is 18.7. The molecule has 12 heteroatoms. The molecule has 44 heavy (non-hydrogen) atoms. The molecule has 12 nitrogen and oxygen atoms in total. The van der Waals surface area contributed by atoms with Gasteiger partial charge in [0.2, 0.25) is 5.91 Å². The van der Waals surface area contributed by atoms with Crippen molar-refractivity contribution in [1.82, 2.24) is 19.8 Å². The smallest absolute Gasteiger partial charge is 0.325 e. The molecule has 2 aromatic carbocycles. The van der Waals surface area contributed by atoms with Crippen molar-refractivity contribution in [3.63, 3.8) is 0 Å². The van der Waals surface area contributed by atoms with E-state index in [0.29, 0.717) is 53.8 Å². The Kier molecular flexibility index (Phi) is 9.72. The van der Waals surface area contributed by atoms with Crippen LogP contribution in [0, 0.1) is 0 Å². The molecule has 3 amide bonds. The fraction of sp³-hybridized carbons (Fsp3) is 0.312. The highest BCUT2D eigenvalue weighted by Gasteiger charge is 2.23. The molecule has 0 unspecified atom stereocenters. The van der Waals surface area contributed by atoms with Gasteiger partial charge in [0.05, 0.1) is 12.1 Å². The van der Waals surface area contributed by atoms with Gasteiger partial charge in [-0.15, -0.1) is 0 Å². The zero-order valence-electron chi connectivity index (χ0n) is 24.6. The first kappa shape index (κ1) is 30.5. The van der Waals surface area contributed by atoms with E-state index in [1.54, 1.807) is 67.7 Å². The number of fused-ring (bicyclic) bond motifs is 1. The first-order valence-corrected chi connectivity index (χ1v) is 14.3. The average Bonchev–Trinajstić information content (AvgIpc) is 3.47. The highest BCUT2D eigenvalue weighted by atomic mass is 16.5. The molecule has 0 aliphatic carbocycles. The van der Waals surface area contributed by atoms with Gasteiger partial charge in [-0.3, -0.25) is 14.2 Å². The molecule has 0 bridgehead atoms. The van der Waals surface area contributed by atoms with Crippen LogP contribution in [-0.4, -0.2) is 84.5 Å². The minimum Gasteiger partial charge on any atom is -0.487 e. The van der Waals surface area contributed by atoms with Crippen LogP contribution in [0.4, 0.5) is 10.6 Å². The van der Waals surface area contributed by atoms with Crippen molar-refractivity contribution in [3.05, 3.63) is 78.1 Å². The number of pyridine rings is 1. The van der Waals surface area contributed by atoms with Crippen LogP contribution in [0.5, 0.6) is 17.2 Å². The van der Waals surface area contributed by atoms with Crippen LogP contribution in [0.2, 0.25) is 0 Å². The number of rotatable bonds is 10. The van der Waals surface area contributed by atoms with Gasteiger partial charge in [0.15, 0.2) is 11.5 Å². The Labute approximate surface area is 254 Å². The largest absolute Gasteiger partial charge is 0.487 e. The molecule has 230 valence electrons. The van der Waals surface area contributed by atoms with Crippen LogP contribution in [-0.2, 0) is 9.53 Å². The Balaban J connectivity index is 1.27. The number of nitrogens with one attached hydrogen (secondary N) is 2. The van der Waals surface area contributed by atoms with Gasteiger partial charge in [-0.05, 0) is 54.7 Å². The number of hydrogen-bond acceptors (Lipinski definition) is 8. The molecule has 1 aliphatic rings. The van der Waals surface area contributed by atoms with Crippen molar-refractivity contribution >= 4 is 34.6 Å². The molecule has 5 rings (SSSR count). The number of methoxy groups -OCH3 is 1. The maximum atomic E-state index is 13.0. The monoisotopic (exact) mass is 601 g/mol. The first-order valence-electron chi connectivity index (χ1n) is 14.3. The van der Waals surface area contributed by atoms with E-state index in [1.165, 1.54) is 10.8 Å². The number of aliphatic hydroxyl groups is 1. The molecule has 3 N–H and O–H groups in total. The number of nitrogens with zero attached hydrogens (tertiary/aromatic N) is 3. The van der Waals surface area contributed by atoms with Crippen molar-refractivity contribution in [2.45, 2.75) is 18.8 Å². The van der Waals surface area contributed by atoms with Crippen LogP contribution in [0.3, 0.4) is 0 Å². The van der Waals surface area contributed by atoms with Gasteiger partial charge in [0.25, 0.3) is 5.91 Å². The fourth-order valence-corrected chi connectivity index (χ4v) is 5.19. The zero-order chi connectivity index (χ0) is 31.1. The predicted molar refractivity (Wildman–Crippen MR) is 164 cm³/mol. The Morgan fingerprint density at radius 3 is 2.48 bits per heavy atom. The molecule has 0 saturated carbocycles. The minimum absolute atomic E-state index is 0.243. The molecule has 0 radical (unpaired) electrons. The van der Waals surface area contributed by atoms with E-state index in [-0.39, 0.29) is 30.4 Å². The van der Waals surface area contributed by atoms with Crippen LogP contribution in [0.15, 0.2) is 67.0 Å². The molecular weight excluding hydrogens is 566 g/mol. The standard InChI is InChI=1S/C32H35N5O7/c1-33-32(41)37-14-10-24-17-28(27(19-26(24)37)43-16-15-42-2)44-25-7-11-34-29(18-25)35-31(40)23-5-3-21(4-6-23)22-8-12-36(13-9-22)30(39)20-38/h3-7,10-11,14,17-19,22,38H,8-9,12-13,15-16,20H2,1-2H3,(H,33,41)(H,34,35,40). The summed E-state index contributed by atoms with van der Waals surface area (Å²) in [6, 6.07) is 15.8. The van der Waals surface area contributed by atoms with Gasteiger partial charge in [-0.25, -0.2) is 9.78 Å². The quantitative estimate of drug-likeness (QED) is 0.232. The normalized spacial score (nSPS) is 13.5. The molecular formula is C32H35N5O7. The van der Waals surface area contributed by atoms with Gasteiger partial charge in [-0.2, -0.15) is 0 Å². The van der Waals surface area contributed by atoms with Crippen LogP contribution >= 0.6 is 0 Å².